The highest BCUT2D eigenvalue weighted by atomic mass is 16.5. The van der Waals surface area contributed by atoms with Crippen LogP contribution in [0.1, 0.15) is 77.8 Å². The maximum Gasteiger partial charge on any atom is 0.306 e. The molecule has 164 valence electrons. The van der Waals surface area contributed by atoms with E-state index in [0.717, 1.165) is 41.0 Å². The van der Waals surface area contributed by atoms with Gasteiger partial charge in [0.1, 0.15) is 5.75 Å². The van der Waals surface area contributed by atoms with Crippen molar-refractivity contribution < 1.29 is 14.6 Å². The van der Waals surface area contributed by atoms with Crippen LogP contribution in [0.5, 0.6) is 5.75 Å². The fourth-order valence-corrected chi connectivity index (χ4v) is 3.58. The number of ether oxygens (including phenoxy) is 1. The molecule has 0 aliphatic rings. The number of rotatable bonds is 10. The van der Waals surface area contributed by atoms with Gasteiger partial charge in [0.15, 0.2) is 0 Å². The number of carbonyl (C=O) groups is 1. The molecule has 0 aliphatic carbocycles. The lowest BCUT2D eigenvalue weighted by molar-refractivity contribution is -0.143. The zero-order valence-corrected chi connectivity index (χ0v) is 19.3. The SMILES string of the molecule is CC(C)CCCCCOC(=O)CCc1cc(-c2ccccc2)c(O)c(C(C)(C)C)c1. The summed E-state index contributed by atoms with van der Waals surface area (Å²) in [5.41, 5.74) is 3.55. The molecule has 0 bridgehead atoms. The molecule has 1 N–H and O–H groups in total. The van der Waals surface area contributed by atoms with Crippen molar-refractivity contribution in [1.82, 2.24) is 0 Å². The van der Waals surface area contributed by atoms with E-state index in [1.54, 1.807) is 0 Å². The summed E-state index contributed by atoms with van der Waals surface area (Å²) in [6.07, 6.45) is 5.43. The Morgan fingerprint density at radius 2 is 1.73 bits per heavy atom. The van der Waals surface area contributed by atoms with Crippen LogP contribution in [0, 0.1) is 5.92 Å². The lowest BCUT2D eigenvalue weighted by Gasteiger charge is -2.23. The summed E-state index contributed by atoms with van der Waals surface area (Å²) in [6, 6.07) is 13.9. The summed E-state index contributed by atoms with van der Waals surface area (Å²) in [5, 5.41) is 10.9. The minimum atomic E-state index is -0.194. The molecular weight excluding hydrogens is 372 g/mol. The average Bonchev–Trinajstić information content (AvgIpc) is 2.69. The van der Waals surface area contributed by atoms with Crippen LogP contribution in [0.2, 0.25) is 0 Å². The molecule has 0 fully saturated rings. The zero-order chi connectivity index (χ0) is 22.1. The fourth-order valence-electron chi connectivity index (χ4n) is 3.58. The number of unbranched alkanes of at least 4 members (excludes halogenated alkanes) is 2. The third-order valence-corrected chi connectivity index (χ3v) is 5.37. The van der Waals surface area contributed by atoms with Crippen molar-refractivity contribution in [1.29, 1.82) is 0 Å². The van der Waals surface area contributed by atoms with Gasteiger partial charge in [-0.1, -0.05) is 90.3 Å². The summed E-state index contributed by atoms with van der Waals surface area (Å²) in [7, 11) is 0. The van der Waals surface area contributed by atoms with E-state index in [1.807, 2.05) is 42.5 Å². The molecule has 0 atom stereocenters. The number of aromatic hydroxyl groups is 1. The number of phenolic OH excluding ortho intramolecular Hbond substituents is 1. The Hall–Kier alpha value is -2.29. The normalized spacial score (nSPS) is 11.7. The predicted octanol–water partition coefficient (Wildman–Crippen LogP) is 7.05. The highest BCUT2D eigenvalue weighted by Gasteiger charge is 2.22. The molecule has 0 saturated carbocycles. The monoisotopic (exact) mass is 410 g/mol. The van der Waals surface area contributed by atoms with Crippen molar-refractivity contribution in [3.63, 3.8) is 0 Å². The van der Waals surface area contributed by atoms with E-state index in [1.165, 1.54) is 12.8 Å². The van der Waals surface area contributed by atoms with E-state index in [4.69, 9.17) is 4.74 Å². The number of esters is 1. The minimum Gasteiger partial charge on any atom is -0.507 e. The molecule has 0 saturated heterocycles. The van der Waals surface area contributed by atoms with Gasteiger partial charge in [-0.15, -0.1) is 0 Å². The maximum absolute atomic E-state index is 12.2. The molecule has 0 radical (unpaired) electrons. The van der Waals surface area contributed by atoms with Gasteiger partial charge in [-0.3, -0.25) is 4.79 Å². The first-order valence-electron chi connectivity index (χ1n) is 11.3. The smallest absolute Gasteiger partial charge is 0.306 e. The standard InChI is InChI=1S/C27H38O3/c1-20(2)12-8-7-11-17-30-25(28)16-15-21-18-23(22-13-9-6-10-14-22)26(29)24(19-21)27(3,4)5/h6,9-10,13-14,18-20,29H,7-8,11-12,15-17H2,1-5H3. The van der Waals surface area contributed by atoms with Gasteiger partial charge >= 0.3 is 5.97 Å². The van der Waals surface area contributed by atoms with Gasteiger partial charge in [-0.05, 0) is 41.4 Å². The van der Waals surface area contributed by atoms with Gasteiger partial charge in [0.05, 0.1) is 6.61 Å². The molecule has 0 aromatic heterocycles. The van der Waals surface area contributed by atoms with Crippen LogP contribution in [0.4, 0.5) is 0 Å². The van der Waals surface area contributed by atoms with Gasteiger partial charge in [0, 0.05) is 17.5 Å². The summed E-state index contributed by atoms with van der Waals surface area (Å²) >= 11 is 0. The Labute approximate surface area is 182 Å². The van der Waals surface area contributed by atoms with Crippen molar-refractivity contribution in [2.75, 3.05) is 6.61 Å². The van der Waals surface area contributed by atoms with Gasteiger partial charge in [0.25, 0.3) is 0 Å². The maximum atomic E-state index is 12.2. The molecule has 0 heterocycles. The Morgan fingerprint density at radius 1 is 1.03 bits per heavy atom. The minimum absolute atomic E-state index is 0.148. The second kappa shape index (κ2) is 11.2. The van der Waals surface area contributed by atoms with Gasteiger partial charge in [-0.25, -0.2) is 0 Å². The Morgan fingerprint density at radius 3 is 2.37 bits per heavy atom. The summed E-state index contributed by atoms with van der Waals surface area (Å²) in [5.74, 6) is 0.906. The van der Waals surface area contributed by atoms with Gasteiger partial charge in [0.2, 0.25) is 0 Å². The average molecular weight is 411 g/mol. The van der Waals surface area contributed by atoms with Crippen molar-refractivity contribution in [2.24, 2.45) is 5.92 Å². The van der Waals surface area contributed by atoms with E-state index in [0.29, 0.717) is 25.2 Å². The van der Waals surface area contributed by atoms with Crippen LogP contribution in [-0.2, 0) is 21.4 Å². The van der Waals surface area contributed by atoms with Crippen molar-refractivity contribution in [2.45, 2.75) is 78.6 Å². The van der Waals surface area contributed by atoms with Crippen LogP contribution >= 0.6 is 0 Å². The van der Waals surface area contributed by atoms with E-state index < -0.39 is 0 Å². The van der Waals surface area contributed by atoms with E-state index in [2.05, 4.69) is 34.6 Å². The second-order valence-electron chi connectivity index (χ2n) is 9.62. The Bertz CT molecular complexity index is 801. The molecule has 2 rings (SSSR count). The Balaban J connectivity index is 2.01. The lowest BCUT2D eigenvalue weighted by Crippen LogP contribution is -2.13. The number of carbonyl (C=O) groups excluding carboxylic acids is 1. The zero-order valence-electron chi connectivity index (χ0n) is 19.3. The third kappa shape index (κ3) is 7.51. The fraction of sp³-hybridized carbons (Fsp3) is 0.519. The molecule has 2 aromatic carbocycles. The highest BCUT2D eigenvalue weighted by molar-refractivity contribution is 5.74. The summed E-state index contributed by atoms with van der Waals surface area (Å²) < 4.78 is 5.42. The number of hydrogen-bond acceptors (Lipinski definition) is 3. The van der Waals surface area contributed by atoms with Crippen molar-refractivity contribution in [3.05, 3.63) is 53.6 Å². The first-order chi connectivity index (χ1) is 14.2. The second-order valence-corrected chi connectivity index (χ2v) is 9.62. The molecule has 0 spiro atoms. The van der Waals surface area contributed by atoms with E-state index >= 15 is 0 Å². The van der Waals surface area contributed by atoms with E-state index in [-0.39, 0.29) is 11.4 Å². The van der Waals surface area contributed by atoms with Crippen LogP contribution in [0.25, 0.3) is 11.1 Å². The first-order valence-corrected chi connectivity index (χ1v) is 11.3. The molecule has 0 unspecified atom stereocenters. The molecule has 2 aromatic rings. The predicted molar refractivity (Wildman–Crippen MR) is 125 cm³/mol. The lowest BCUT2D eigenvalue weighted by atomic mass is 9.82. The van der Waals surface area contributed by atoms with Crippen LogP contribution < -0.4 is 0 Å². The molecule has 3 nitrogen and oxygen atoms in total. The number of aryl methyl sites for hydroxylation is 1. The molecule has 0 aliphatic heterocycles. The molecule has 0 amide bonds. The van der Waals surface area contributed by atoms with Gasteiger partial charge in [-0.2, -0.15) is 0 Å². The number of hydrogen-bond donors (Lipinski definition) is 1. The summed E-state index contributed by atoms with van der Waals surface area (Å²) in [6.45, 7) is 11.3. The summed E-state index contributed by atoms with van der Waals surface area (Å²) in [4.78, 5) is 12.2. The molecular formula is C27H38O3. The topological polar surface area (TPSA) is 46.5 Å². The highest BCUT2D eigenvalue weighted by Crippen LogP contribution is 2.39. The van der Waals surface area contributed by atoms with Crippen LogP contribution in [0.3, 0.4) is 0 Å². The molecule has 30 heavy (non-hydrogen) atoms. The number of benzene rings is 2. The first kappa shape index (κ1) is 24.0. The van der Waals surface area contributed by atoms with E-state index in [9.17, 15) is 9.90 Å². The Kier molecular flexibility index (Phi) is 8.95. The van der Waals surface area contributed by atoms with Crippen molar-refractivity contribution >= 4 is 5.97 Å². The number of phenols is 1. The van der Waals surface area contributed by atoms with Crippen molar-refractivity contribution in [3.8, 4) is 16.9 Å². The quantitative estimate of drug-likeness (QED) is 0.337. The van der Waals surface area contributed by atoms with Crippen LogP contribution in [0.15, 0.2) is 42.5 Å². The largest absolute Gasteiger partial charge is 0.507 e. The third-order valence-electron chi connectivity index (χ3n) is 5.37. The van der Waals surface area contributed by atoms with Crippen LogP contribution in [-0.4, -0.2) is 17.7 Å². The molecule has 3 heteroatoms. The van der Waals surface area contributed by atoms with Gasteiger partial charge < -0.3 is 9.84 Å².